The molecule has 0 amide bonds. The number of pyridine rings is 1. The molecule has 1 aromatic rings. The molecule has 2 rings (SSSR count). The zero-order valence-electron chi connectivity index (χ0n) is 10.9. The summed E-state index contributed by atoms with van der Waals surface area (Å²) in [6.45, 7) is 3.58. The Balaban J connectivity index is 2.00. The Hall–Kier alpha value is -1.93. The number of likely N-dealkylation sites (tertiary alicyclic amines) is 1. The molecule has 100 valence electrons. The molecule has 1 N–H and O–H groups in total. The first kappa shape index (κ1) is 13.5. The van der Waals surface area contributed by atoms with E-state index >= 15 is 0 Å². The molecular weight excluding hydrogens is 242 g/mol. The minimum atomic E-state index is -0.692. The van der Waals surface area contributed by atoms with Crippen LogP contribution in [0.5, 0.6) is 0 Å². The Morgan fingerprint density at radius 3 is 3.11 bits per heavy atom. The van der Waals surface area contributed by atoms with Crippen molar-refractivity contribution in [3.05, 3.63) is 29.6 Å². The molecule has 0 saturated carbocycles. The monoisotopic (exact) mass is 259 g/mol. The number of hydrogen-bond donors (Lipinski definition) is 1. The van der Waals surface area contributed by atoms with E-state index in [-0.39, 0.29) is 12.0 Å². The smallest absolute Gasteiger partial charge is 0.306 e. The van der Waals surface area contributed by atoms with E-state index in [1.807, 2.05) is 12.1 Å². The van der Waals surface area contributed by atoms with Crippen molar-refractivity contribution in [2.45, 2.75) is 32.4 Å². The van der Waals surface area contributed by atoms with Crippen LogP contribution in [0.2, 0.25) is 0 Å². The van der Waals surface area contributed by atoms with E-state index in [4.69, 9.17) is 10.4 Å². The van der Waals surface area contributed by atoms with Crippen LogP contribution in [0, 0.1) is 17.2 Å². The maximum Gasteiger partial charge on any atom is 0.306 e. The van der Waals surface area contributed by atoms with Crippen LogP contribution in [0.25, 0.3) is 0 Å². The molecule has 1 aliphatic heterocycles. The van der Waals surface area contributed by atoms with Crippen molar-refractivity contribution < 1.29 is 9.90 Å². The van der Waals surface area contributed by atoms with E-state index in [0.717, 1.165) is 18.7 Å². The predicted octanol–water partition coefficient (Wildman–Crippen LogP) is 1.64. The predicted molar refractivity (Wildman–Crippen MR) is 69.2 cm³/mol. The zero-order valence-corrected chi connectivity index (χ0v) is 10.9. The Morgan fingerprint density at radius 1 is 1.68 bits per heavy atom. The number of rotatable bonds is 3. The molecule has 2 atom stereocenters. The highest BCUT2D eigenvalue weighted by Gasteiger charge is 2.29. The quantitative estimate of drug-likeness (QED) is 0.892. The van der Waals surface area contributed by atoms with Crippen molar-refractivity contribution >= 4 is 5.97 Å². The molecule has 1 fully saturated rings. The number of nitriles is 1. The van der Waals surface area contributed by atoms with Gasteiger partial charge in [0.2, 0.25) is 0 Å². The first-order valence-electron chi connectivity index (χ1n) is 6.42. The average Bonchev–Trinajstić information content (AvgIpc) is 2.41. The molecule has 5 heteroatoms. The van der Waals surface area contributed by atoms with Crippen molar-refractivity contribution in [2.24, 2.45) is 5.92 Å². The number of carboxylic acid groups (broad SMARTS) is 1. The number of nitrogens with zero attached hydrogens (tertiary/aromatic N) is 3. The normalized spacial score (nSPS) is 23.8. The second-order valence-corrected chi connectivity index (χ2v) is 5.04. The van der Waals surface area contributed by atoms with E-state index in [2.05, 4.69) is 16.8 Å². The SMILES string of the molecule is CC1CC(C(=O)O)CCN1Cc1ccnc(C#N)c1. The highest BCUT2D eigenvalue weighted by Crippen LogP contribution is 2.24. The first-order chi connectivity index (χ1) is 9.10. The van der Waals surface area contributed by atoms with Crippen LogP contribution < -0.4 is 0 Å². The van der Waals surface area contributed by atoms with Gasteiger partial charge in [0.15, 0.2) is 0 Å². The summed E-state index contributed by atoms with van der Waals surface area (Å²) in [4.78, 5) is 17.2. The summed E-state index contributed by atoms with van der Waals surface area (Å²) in [5, 5.41) is 17.9. The summed E-state index contributed by atoms with van der Waals surface area (Å²) < 4.78 is 0. The van der Waals surface area contributed by atoms with Gasteiger partial charge in [-0.25, -0.2) is 4.98 Å². The topological polar surface area (TPSA) is 77.2 Å². The minimum Gasteiger partial charge on any atom is -0.481 e. The van der Waals surface area contributed by atoms with Gasteiger partial charge >= 0.3 is 5.97 Å². The van der Waals surface area contributed by atoms with Crippen LogP contribution in [0.4, 0.5) is 0 Å². The fourth-order valence-electron chi connectivity index (χ4n) is 2.55. The van der Waals surface area contributed by atoms with Gasteiger partial charge in [-0.05, 0) is 44.0 Å². The van der Waals surface area contributed by atoms with E-state index in [1.165, 1.54) is 0 Å². The second kappa shape index (κ2) is 5.81. The van der Waals surface area contributed by atoms with E-state index < -0.39 is 5.97 Å². The Morgan fingerprint density at radius 2 is 2.47 bits per heavy atom. The molecule has 2 heterocycles. The molecule has 0 bridgehead atoms. The van der Waals surface area contributed by atoms with E-state index in [0.29, 0.717) is 18.5 Å². The molecule has 19 heavy (non-hydrogen) atoms. The lowest BCUT2D eigenvalue weighted by atomic mass is 9.91. The fraction of sp³-hybridized carbons (Fsp3) is 0.500. The first-order valence-corrected chi connectivity index (χ1v) is 6.42. The van der Waals surface area contributed by atoms with Crippen LogP contribution in [-0.4, -0.2) is 33.5 Å². The molecule has 0 aliphatic carbocycles. The van der Waals surface area contributed by atoms with E-state index in [9.17, 15) is 4.79 Å². The maximum atomic E-state index is 11.0. The molecular formula is C14H17N3O2. The van der Waals surface area contributed by atoms with Gasteiger partial charge in [0.1, 0.15) is 11.8 Å². The fourth-order valence-corrected chi connectivity index (χ4v) is 2.55. The van der Waals surface area contributed by atoms with Gasteiger partial charge in [0.25, 0.3) is 0 Å². The molecule has 0 aromatic carbocycles. The summed E-state index contributed by atoms with van der Waals surface area (Å²) in [5.74, 6) is -0.916. The lowest BCUT2D eigenvalue weighted by Gasteiger charge is -2.36. The van der Waals surface area contributed by atoms with Gasteiger partial charge in [-0.15, -0.1) is 0 Å². The van der Waals surface area contributed by atoms with Crippen LogP contribution in [-0.2, 0) is 11.3 Å². The number of piperidine rings is 1. The third-order valence-corrected chi connectivity index (χ3v) is 3.69. The third kappa shape index (κ3) is 3.30. The van der Waals surface area contributed by atoms with E-state index in [1.54, 1.807) is 12.3 Å². The molecule has 1 aliphatic rings. The van der Waals surface area contributed by atoms with Crippen molar-refractivity contribution in [1.82, 2.24) is 9.88 Å². The molecule has 1 saturated heterocycles. The lowest BCUT2D eigenvalue weighted by Crippen LogP contribution is -2.42. The van der Waals surface area contributed by atoms with Gasteiger partial charge in [-0.3, -0.25) is 9.69 Å². The van der Waals surface area contributed by atoms with Crippen molar-refractivity contribution in [1.29, 1.82) is 5.26 Å². The average molecular weight is 259 g/mol. The summed E-state index contributed by atoms with van der Waals surface area (Å²) in [6.07, 6.45) is 3.02. The van der Waals surface area contributed by atoms with Crippen LogP contribution >= 0.6 is 0 Å². The largest absolute Gasteiger partial charge is 0.481 e. The summed E-state index contributed by atoms with van der Waals surface area (Å²) >= 11 is 0. The van der Waals surface area contributed by atoms with Crippen molar-refractivity contribution in [3.8, 4) is 6.07 Å². The number of hydrogen-bond acceptors (Lipinski definition) is 4. The number of aromatic nitrogens is 1. The molecule has 1 aromatic heterocycles. The van der Waals surface area contributed by atoms with Gasteiger partial charge in [-0.1, -0.05) is 0 Å². The summed E-state index contributed by atoms with van der Waals surface area (Å²) in [6, 6.07) is 5.96. The Bertz CT molecular complexity index is 510. The van der Waals surface area contributed by atoms with Crippen LogP contribution in [0.15, 0.2) is 18.3 Å². The maximum absolute atomic E-state index is 11.0. The second-order valence-electron chi connectivity index (χ2n) is 5.04. The standard InChI is InChI=1S/C14H17N3O2/c1-10-6-12(14(18)19)3-5-17(10)9-11-2-4-16-13(7-11)8-15/h2,4,7,10,12H,3,5-6,9H2,1H3,(H,18,19). The molecule has 0 spiro atoms. The Labute approximate surface area is 112 Å². The minimum absolute atomic E-state index is 0.224. The molecule has 2 unspecified atom stereocenters. The van der Waals surface area contributed by atoms with Gasteiger partial charge < -0.3 is 5.11 Å². The highest BCUT2D eigenvalue weighted by molar-refractivity contribution is 5.70. The summed E-state index contributed by atoms with van der Waals surface area (Å²) in [7, 11) is 0. The zero-order chi connectivity index (χ0) is 13.8. The van der Waals surface area contributed by atoms with Crippen LogP contribution in [0.1, 0.15) is 31.0 Å². The third-order valence-electron chi connectivity index (χ3n) is 3.69. The Kier molecular flexibility index (Phi) is 4.13. The van der Waals surface area contributed by atoms with Crippen LogP contribution in [0.3, 0.4) is 0 Å². The number of aliphatic carboxylic acids is 1. The van der Waals surface area contributed by atoms with Gasteiger partial charge in [0, 0.05) is 18.8 Å². The van der Waals surface area contributed by atoms with Gasteiger partial charge in [-0.2, -0.15) is 5.26 Å². The van der Waals surface area contributed by atoms with Crippen molar-refractivity contribution in [2.75, 3.05) is 6.54 Å². The number of carbonyl (C=O) groups is 1. The number of carboxylic acids is 1. The van der Waals surface area contributed by atoms with Crippen molar-refractivity contribution in [3.63, 3.8) is 0 Å². The molecule has 0 radical (unpaired) electrons. The van der Waals surface area contributed by atoms with Gasteiger partial charge in [0.05, 0.1) is 5.92 Å². The highest BCUT2D eigenvalue weighted by atomic mass is 16.4. The lowest BCUT2D eigenvalue weighted by molar-refractivity contribution is -0.144. The molecule has 5 nitrogen and oxygen atoms in total. The summed E-state index contributed by atoms with van der Waals surface area (Å²) in [5.41, 5.74) is 1.47.